The van der Waals surface area contributed by atoms with Crippen LogP contribution in [0.15, 0.2) is 54.6 Å². The van der Waals surface area contributed by atoms with Crippen molar-refractivity contribution < 1.29 is 19.4 Å². The Bertz CT molecular complexity index is 723. The molecule has 2 N–H and O–H groups in total. The molecule has 2 amide bonds. The number of nitrogens with zero attached hydrogens (tertiary/aromatic N) is 1. The van der Waals surface area contributed by atoms with Gasteiger partial charge in [-0.2, -0.15) is 0 Å². The molecular formula is C21H26N2O4. The molecule has 2 aromatic rings. The number of amides is 2. The third-order valence-corrected chi connectivity index (χ3v) is 4.51. The van der Waals surface area contributed by atoms with Gasteiger partial charge in [0.05, 0.1) is 32.5 Å². The number of hydrogen-bond acceptors (Lipinski definition) is 4. The van der Waals surface area contributed by atoms with Crippen LogP contribution in [0.2, 0.25) is 0 Å². The van der Waals surface area contributed by atoms with Gasteiger partial charge in [-0.15, -0.1) is 0 Å². The molecule has 0 unspecified atom stereocenters. The molecule has 1 fully saturated rings. The number of aliphatic hydroxyl groups is 1. The SMILES string of the molecule is O=C(Nc1cccc(OCCCc2ccccc2)c1)N1CCOC[C@@H]1CO. The Hall–Kier alpha value is -2.57. The summed E-state index contributed by atoms with van der Waals surface area (Å²) in [6.45, 7) is 1.80. The van der Waals surface area contributed by atoms with Gasteiger partial charge in [-0.3, -0.25) is 0 Å². The standard InChI is InChI=1S/C21H26N2O4/c24-15-19-16-26-13-11-23(19)21(25)22-18-9-4-10-20(14-18)27-12-5-8-17-6-2-1-3-7-17/h1-4,6-7,9-10,14,19,24H,5,8,11-13,15-16H2,(H,22,25)/t19-/m0/s1. The van der Waals surface area contributed by atoms with Crippen LogP contribution in [0.3, 0.4) is 0 Å². The molecule has 1 aliphatic rings. The largest absolute Gasteiger partial charge is 0.494 e. The fourth-order valence-electron chi connectivity index (χ4n) is 3.04. The van der Waals surface area contributed by atoms with Gasteiger partial charge in [0.25, 0.3) is 0 Å². The van der Waals surface area contributed by atoms with Crippen LogP contribution in [0.4, 0.5) is 10.5 Å². The summed E-state index contributed by atoms with van der Waals surface area (Å²) < 4.78 is 11.1. The fourth-order valence-corrected chi connectivity index (χ4v) is 3.04. The summed E-state index contributed by atoms with van der Waals surface area (Å²) in [6, 6.07) is 17.1. The molecule has 1 aliphatic heterocycles. The molecule has 1 atom stereocenters. The summed E-state index contributed by atoms with van der Waals surface area (Å²) in [5.41, 5.74) is 1.97. The van der Waals surface area contributed by atoms with Gasteiger partial charge in [0.1, 0.15) is 5.75 Å². The molecule has 6 nitrogen and oxygen atoms in total. The molecule has 0 bridgehead atoms. The molecule has 2 aromatic carbocycles. The number of rotatable bonds is 7. The number of nitrogens with one attached hydrogen (secondary N) is 1. The van der Waals surface area contributed by atoms with E-state index in [4.69, 9.17) is 9.47 Å². The highest BCUT2D eigenvalue weighted by Crippen LogP contribution is 2.19. The lowest BCUT2D eigenvalue weighted by Crippen LogP contribution is -2.52. The fraction of sp³-hybridized carbons (Fsp3) is 0.381. The molecule has 1 saturated heterocycles. The Labute approximate surface area is 159 Å². The first kappa shape index (κ1) is 19.2. The highest BCUT2D eigenvalue weighted by Gasteiger charge is 2.26. The van der Waals surface area contributed by atoms with E-state index in [0.29, 0.717) is 32.1 Å². The van der Waals surface area contributed by atoms with Gasteiger partial charge < -0.3 is 24.8 Å². The first-order valence-corrected chi connectivity index (χ1v) is 9.29. The van der Waals surface area contributed by atoms with Crippen molar-refractivity contribution in [2.45, 2.75) is 18.9 Å². The van der Waals surface area contributed by atoms with Crippen molar-refractivity contribution >= 4 is 11.7 Å². The molecule has 0 aliphatic carbocycles. The lowest BCUT2D eigenvalue weighted by Gasteiger charge is -2.34. The third-order valence-electron chi connectivity index (χ3n) is 4.51. The van der Waals surface area contributed by atoms with Gasteiger partial charge in [-0.25, -0.2) is 4.79 Å². The van der Waals surface area contributed by atoms with E-state index in [2.05, 4.69) is 17.4 Å². The van der Waals surface area contributed by atoms with Gasteiger partial charge in [0.15, 0.2) is 0 Å². The van der Waals surface area contributed by atoms with E-state index < -0.39 is 0 Å². The number of aliphatic hydroxyl groups excluding tert-OH is 1. The number of aryl methyl sites for hydroxylation is 1. The lowest BCUT2D eigenvalue weighted by atomic mass is 10.1. The molecule has 0 spiro atoms. The van der Waals surface area contributed by atoms with Crippen LogP contribution in [0, 0.1) is 0 Å². The van der Waals surface area contributed by atoms with E-state index in [-0.39, 0.29) is 18.7 Å². The Balaban J connectivity index is 1.48. The van der Waals surface area contributed by atoms with Crippen molar-refractivity contribution in [3.8, 4) is 5.75 Å². The van der Waals surface area contributed by atoms with Crippen LogP contribution >= 0.6 is 0 Å². The average Bonchev–Trinajstić information content (AvgIpc) is 2.72. The Morgan fingerprint density at radius 3 is 2.89 bits per heavy atom. The zero-order chi connectivity index (χ0) is 18.9. The Morgan fingerprint density at radius 2 is 2.07 bits per heavy atom. The topological polar surface area (TPSA) is 71.0 Å². The molecule has 6 heteroatoms. The van der Waals surface area contributed by atoms with E-state index in [9.17, 15) is 9.90 Å². The minimum Gasteiger partial charge on any atom is -0.494 e. The monoisotopic (exact) mass is 370 g/mol. The molecule has 0 saturated carbocycles. The van der Waals surface area contributed by atoms with Gasteiger partial charge >= 0.3 is 6.03 Å². The third kappa shape index (κ3) is 5.70. The average molecular weight is 370 g/mol. The second kappa shape index (κ2) is 9.94. The van der Waals surface area contributed by atoms with Gasteiger partial charge in [-0.05, 0) is 30.5 Å². The first-order chi connectivity index (χ1) is 13.3. The van der Waals surface area contributed by atoms with E-state index in [1.165, 1.54) is 5.56 Å². The second-order valence-corrected chi connectivity index (χ2v) is 6.50. The quantitative estimate of drug-likeness (QED) is 0.735. The maximum absolute atomic E-state index is 12.5. The normalized spacial score (nSPS) is 16.8. The van der Waals surface area contributed by atoms with Crippen molar-refractivity contribution in [2.24, 2.45) is 0 Å². The van der Waals surface area contributed by atoms with E-state index in [1.54, 1.807) is 4.90 Å². The number of hydrogen-bond donors (Lipinski definition) is 2. The molecule has 3 rings (SSSR count). The van der Waals surface area contributed by atoms with Crippen molar-refractivity contribution in [1.29, 1.82) is 0 Å². The van der Waals surface area contributed by atoms with Gasteiger partial charge in [-0.1, -0.05) is 36.4 Å². The summed E-state index contributed by atoms with van der Waals surface area (Å²) >= 11 is 0. The Morgan fingerprint density at radius 1 is 1.22 bits per heavy atom. The minimum atomic E-state index is -0.309. The molecular weight excluding hydrogens is 344 g/mol. The molecule has 0 radical (unpaired) electrons. The maximum Gasteiger partial charge on any atom is 0.322 e. The molecule has 27 heavy (non-hydrogen) atoms. The summed E-state index contributed by atoms with van der Waals surface area (Å²) in [5.74, 6) is 0.724. The second-order valence-electron chi connectivity index (χ2n) is 6.50. The molecule has 0 aromatic heterocycles. The predicted molar refractivity (Wildman–Crippen MR) is 104 cm³/mol. The Kier molecular flexibility index (Phi) is 7.07. The molecule has 1 heterocycles. The summed E-state index contributed by atoms with van der Waals surface area (Å²) in [5, 5.41) is 12.3. The first-order valence-electron chi connectivity index (χ1n) is 9.29. The number of carbonyl (C=O) groups is 1. The van der Waals surface area contributed by atoms with Crippen molar-refractivity contribution in [2.75, 3.05) is 38.3 Å². The van der Waals surface area contributed by atoms with Crippen LogP contribution in [-0.4, -0.2) is 55.1 Å². The number of ether oxygens (including phenoxy) is 2. The zero-order valence-electron chi connectivity index (χ0n) is 15.3. The number of urea groups is 1. The predicted octanol–water partition coefficient (Wildman–Crippen LogP) is 2.92. The number of benzene rings is 2. The van der Waals surface area contributed by atoms with Crippen molar-refractivity contribution in [3.63, 3.8) is 0 Å². The van der Waals surface area contributed by atoms with Crippen LogP contribution < -0.4 is 10.1 Å². The summed E-state index contributed by atoms with van der Waals surface area (Å²) in [7, 11) is 0. The zero-order valence-corrected chi connectivity index (χ0v) is 15.3. The van der Waals surface area contributed by atoms with Crippen molar-refractivity contribution in [1.82, 2.24) is 4.90 Å². The number of morpholine rings is 1. The van der Waals surface area contributed by atoms with Gasteiger partial charge in [0, 0.05) is 18.3 Å². The summed E-state index contributed by atoms with van der Waals surface area (Å²) in [4.78, 5) is 14.1. The highest BCUT2D eigenvalue weighted by atomic mass is 16.5. The molecule has 144 valence electrons. The highest BCUT2D eigenvalue weighted by molar-refractivity contribution is 5.89. The number of carbonyl (C=O) groups excluding carboxylic acids is 1. The lowest BCUT2D eigenvalue weighted by molar-refractivity contribution is -0.00485. The van der Waals surface area contributed by atoms with Gasteiger partial charge in [0.2, 0.25) is 0 Å². The van der Waals surface area contributed by atoms with Crippen molar-refractivity contribution in [3.05, 3.63) is 60.2 Å². The minimum absolute atomic E-state index is 0.113. The maximum atomic E-state index is 12.5. The van der Waals surface area contributed by atoms with Crippen LogP contribution in [0.1, 0.15) is 12.0 Å². The number of anilines is 1. The van der Waals surface area contributed by atoms with E-state index in [1.807, 2.05) is 42.5 Å². The van der Waals surface area contributed by atoms with Crippen LogP contribution in [0.25, 0.3) is 0 Å². The van der Waals surface area contributed by atoms with Crippen LogP contribution in [0.5, 0.6) is 5.75 Å². The smallest absolute Gasteiger partial charge is 0.322 e. The van der Waals surface area contributed by atoms with E-state index in [0.717, 1.165) is 18.6 Å². The van der Waals surface area contributed by atoms with E-state index >= 15 is 0 Å². The van der Waals surface area contributed by atoms with Crippen LogP contribution in [-0.2, 0) is 11.2 Å². The summed E-state index contributed by atoms with van der Waals surface area (Å²) in [6.07, 6.45) is 1.89.